The average molecular weight is 457 g/mol. The number of rotatable bonds is 22. The van der Waals surface area contributed by atoms with E-state index in [2.05, 4.69) is 13.8 Å². The van der Waals surface area contributed by atoms with E-state index < -0.39 is 15.1 Å². The van der Waals surface area contributed by atoms with Crippen LogP contribution < -0.4 is 29.6 Å². The van der Waals surface area contributed by atoms with E-state index >= 15 is 0 Å². The molecule has 0 radical (unpaired) electrons. The first-order valence-electron chi connectivity index (χ1n) is 12.5. The van der Waals surface area contributed by atoms with Gasteiger partial charge in [-0.15, -0.1) is 0 Å². The van der Waals surface area contributed by atoms with Crippen LogP contribution in [-0.4, -0.2) is 23.0 Å². The van der Waals surface area contributed by atoms with Crippen LogP contribution in [0.5, 0.6) is 0 Å². The quantitative estimate of drug-likeness (QED) is 0.148. The monoisotopic (exact) mass is 456 g/mol. The Hall–Kier alpha value is 0.870. The second-order valence-electron chi connectivity index (χ2n) is 8.91. The van der Waals surface area contributed by atoms with Gasteiger partial charge in [0.05, 0.1) is 0 Å². The van der Waals surface area contributed by atoms with E-state index in [0.717, 1.165) is 38.5 Å². The SMILES string of the molecule is CCCCCCCCCCCCCC(O)(CCCCCCCCCC)S(=O)(=O)[O-].[Na+]. The maximum atomic E-state index is 11.6. The molecule has 0 heterocycles. The Bertz CT molecular complexity index is 456. The molecule has 0 fully saturated rings. The van der Waals surface area contributed by atoms with Crippen LogP contribution in [0.2, 0.25) is 0 Å². The molecule has 1 unspecified atom stereocenters. The predicted molar refractivity (Wildman–Crippen MR) is 123 cm³/mol. The topological polar surface area (TPSA) is 77.4 Å². The summed E-state index contributed by atoms with van der Waals surface area (Å²) in [4.78, 5) is -2.06. The molecule has 0 aliphatic carbocycles. The molecule has 0 aliphatic rings. The molecular formula is C24H49NaO4S. The van der Waals surface area contributed by atoms with Crippen LogP contribution >= 0.6 is 0 Å². The zero-order valence-electron chi connectivity index (χ0n) is 20.4. The molecule has 0 aromatic heterocycles. The fraction of sp³-hybridized carbons (Fsp3) is 1.00. The van der Waals surface area contributed by atoms with Crippen LogP contribution in [0.15, 0.2) is 0 Å². The first-order chi connectivity index (χ1) is 13.9. The molecule has 6 heteroatoms. The van der Waals surface area contributed by atoms with Crippen LogP contribution in [0.25, 0.3) is 0 Å². The van der Waals surface area contributed by atoms with Gasteiger partial charge in [0.1, 0.15) is 10.1 Å². The molecule has 0 amide bonds. The van der Waals surface area contributed by atoms with Gasteiger partial charge in [-0.05, 0) is 25.7 Å². The van der Waals surface area contributed by atoms with E-state index in [1.54, 1.807) is 0 Å². The van der Waals surface area contributed by atoms with Crippen molar-refractivity contribution in [3.05, 3.63) is 0 Å². The fourth-order valence-corrected chi connectivity index (χ4v) is 4.76. The summed E-state index contributed by atoms with van der Waals surface area (Å²) in [7, 11) is -4.68. The molecule has 0 saturated carbocycles. The van der Waals surface area contributed by atoms with E-state index in [4.69, 9.17) is 0 Å². The van der Waals surface area contributed by atoms with Crippen LogP contribution in [-0.2, 0) is 10.1 Å². The molecule has 0 spiro atoms. The normalized spacial score (nSPS) is 13.7. The molecule has 0 saturated heterocycles. The van der Waals surface area contributed by atoms with Crippen molar-refractivity contribution in [2.75, 3.05) is 0 Å². The predicted octanol–water partition coefficient (Wildman–Crippen LogP) is 4.46. The number of unbranched alkanes of at least 4 members (excludes halogenated alkanes) is 17. The van der Waals surface area contributed by atoms with E-state index in [1.807, 2.05) is 0 Å². The summed E-state index contributed by atoms with van der Waals surface area (Å²) in [5.74, 6) is 0. The third-order valence-corrected chi connectivity index (χ3v) is 7.40. The van der Waals surface area contributed by atoms with E-state index in [0.29, 0.717) is 12.8 Å². The van der Waals surface area contributed by atoms with Gasteiger partial charge in [0.15, 0.2) is 4.93 Å². The minimum Gasteiger partial charge on any atom is -0.746 e. The van der Waals surface area contributed by atoms with Crippen molar-refractivity contribution < 1.29 is 47.6 Å². The second kappa shape index (κ2) is 21.7. The summed E-state index contributed by atoms with van der Waals surface area (Å²) in [6, 6.07) is 0. The molecule has 30 heavy (non-hydrogen) atoms. The van der Waals surface area contributed by atoms with Gasteiger partial charge in [-0.3, -0.25) is 0 Å². The first kappa shape index (κ1) is 33.0. The maximum Gasteiger partial charge on any atom is 1.00 e. The third-order valence-electron chi connectivity index (χ3n) is 6.06. The van der Waals surface area contributed by atoms with Gasteiger partial charge < -0.3 is 9.66 Å². The van der Waals surface area contributed by atoms with E-state index in [9.17, 15) is 18.1 Å². The molecule has 4 nitrogen and oxygen atoms in total. The van der Waals surface area contributed by atoms with Crippen LogP contribution in [0.1, 0.15) is 149 Å². The van der Waals surface area contributed by atoms with Crippen molar-refractivity contribution in [1.29, 1.82) is 0 Å². The van der Waals surface area contributed by atoms with E-state index in [1.165, 1.54) is 70.6 Å². The minimum absolute atomic E-state index is 0. The Morgan fingerprint density at radius 2 is 0.800 bits per heavy atom. The van der Waals surface area contributed by atoms with Crippen LogP contribution in [0.3, 0.4) is 0 Å². The van der Waals surface area contributed by atoms with Gasteiger partial charge in [-0.2, -0.15) is 0 Å². The fourth-order valence-electron chi connectivity index (χ4n) is 3.98. The van der Waals surface area contributed by atoms with Gasteiger partial charge in [-0.1, -0.05) is 123 Å². The molecular weight excluding hydrogens is 407 g/mol. The zero-order chi connectivity index (χ0) is 21.8. The Labute approximate surface area is 210 Å². The first-order valence-corrected chi connectivity index (χ1v) is 14.0. The minimum atomic E-state index is -4.68. The van der Waals surface area contributed by atoms with Gasteiger partial charge in [0.2, 0.25) is 0 Å². The van der Waals surface area contributed by atoms with Crippen molar-refractivity contribution >= 4 is 10.1 Å². The van der Waals surface area contributed by atoms with E-state index in [-0.39, 0.29) is 42.4 Å². The van der Waals surface area contributed by atoms with Gasteiger partial charge in [0, 0.05) is 0 Å². The molecule has 0 rings (SSSR count). The Balaban J connectivity index is 0. The molecule has 1 N–H and O–H groups in total. The molecule has 176 valence electrons. The zero-order valence-corrected chi connectivity index (χ0v) is 23.2. The van der Waals surface area contributed by atoms with Crippen molar-refractivity contribution in [2.24, 2.45) is 0 Å². The van der Waals surface area contributed by atoms with Crippen molar-refractivity contribution in [3.8, 4) is 0 Å². The summed E-state index contributed by atoms with van der Waals surface area (Å²) >= 11 is 0. The largest absolute Gasteiger partial charge is 1.00 e. The maximum absolute atomic E-state index is 11.6. The van der Waals surface area contributed by atoms with Gasteiger partial charge in [0.25, 0.3) is 0 Å². The Morgan fingerprint density at radius 1 is 0.567 bits per heavy atom. The van der Waals surface area contributed by atoms with Crippen molar-refractivity contribution in [2.45, 2.75) is 154 Å². The van der Waals surface area contributed by atoms with Gasteiger partial charge >= 0.3 is 29.6 Å². The summed E-state index contributed by atoms with van der Waals surface area (Å²) in [6.45, 7) is 4.43. The van der Waals surface area contributed by atoms with Crippen LogP contribution in [0.4, 0.5) is 0 Å². The standard InChI is InChI=1S/C24H50O4S.Na/c1-3-5-7-9-11-13-14-15-17-19-21-23-24(25,29(26,27)28)22-20-18-16-12-10-8-6-4-2;/h25H,3-23H2,1-2H3,(H,26,27,28);/q;+1/p-1. The summed E-state index contributed by atoms with van der Waals surface area (Å²) in [6.07, 6.45) is 21.7. The van der Waals surface area contributed by atoms with Crippen LogP contribution in [0, 0.1) is 0 Å². The average Bonchev–Trinajstić information content (AvgIpc) is 2.67. The molecule has 0 aromatic carbocycles. The Kier molecular flexibility index (Phi) is 23.9. The number of hydrogen-bond acceptors (Lipinski definition) is 4. The molecule has 1 atom stereocenters. The number of hydrogen-bond donors (Lipinski definition) is 1. The Morgan fingerprint density at radius 3 is 1.03 bits per heavy atom. The third kappa shape index (κ3) is 18.4. The number of aliphatic hydroxyl groups is 1. The summed E-state index contributed by atoms with van der Waals surface area (Å²) in [5, 5.41) is 10.5. The molecule has 0 bridgehead atoms. The molecule has 0 aliphatic heterocycles. The smallest absolute Gasteiger partial charge is 0.746 e. The summed E-state index contributed by atoms with van der Waals surface area (Å²) in [5.41, 5.74) is 0. The van der Waals surface area contributed by atoms with Gasteiger partial charge in [-0.25, -0.2) is 8.42 Å². The van der Waals surface area contributed by atoms with Crippen molar-refractivity contribution in [1.82, 2.24) is 0 Å². The second-order valence-corrected chi connectivity index (χ2v) is 10.6. The summed E-state index contributed by atoms with van der Waals surface area (Å²) < 4.78 is 34.8. The molecule has 0 aromatic rings. The van der Waals surface area contributed by atoms with Crippen molar-refractivity contribution in [3.63, 3.8) is 0 Å².